The summed E-state index contributed by atoms with van der Waals surface area (Å²) in [6, 6.07) is 11.1. The van der Waals surface area contributed by atoms with Crippen molar-refractivity contribution in [3.8, 4) is 0 Å². The summed E-state index contributed by atoms with van der Waals surface area (Å²) in [6.07, 6.45) is 8.73. The van der Waals surface area contributed by atoms with E-state index >= 15 is 0 Å². The number of hydrogen-bond donors (Lipinski definition) is 1. The minimum atomic E-state index is 0.0899. The molecule has 0 unspecified atom stereocenters. The molecule has 2 aromatic rings. The van der Waals surface area contributed by atoms with Gasteiger partial charge in [0.1, 0.15) is 0 Å². The summed E-state index contributed by atoms with van der Waals surface area (Å²) in [7, 11) is 0. The summed E-state index contributed by atoms with van der Waals surface area (Å²) < 4.78 is 0. The van der Waals surface area contributed by atoms with Crippen LogP contribution in [0.4, 0.5) is 10.7 Å². The van der Waals surface area contributed by atoms with E-state index in [2.05, 4.69) is 55.4 Å². The second-order valence-corrected chi connectivity index (χ2v) is 11.6. The molecule has 2 aliphatic carbocycles. The van der Waals surface area contributed by atoms with Crippen molar-refractivity contribution in [2.24, 2.45) is 5.41 Å². The Morgan fingerprint density at radius 3 is 2.39 bits per heavy atom. The molecule has 3 heterocycles. The number of urea groups is 1. The number of amides is 2. The third-order valence-electron chi connectivity index (χ3n) is 7.34. The highest BCUT2D eigenvalue weighted by Gasteiger charge is 2.52. The van der Waals surface area contributed by atoms with Crippen LogP contribution in [-0.2, 0) is 6.54 Å². The lowest BCUT2D eigenvalue weighted by Crippen LogP contribution is -2.67. The predicted octanol–water partition coefficient (Wildman–Crippen LogP) is 3.23. The molecule has 4 fully saturated rings. The molecule has 2 aliphatic heterocycles. The molecule has 1 aromatic carbocycles. The summed E-state index contributed by atoms with van der Waals surface area (Å²) in [6.45, 7) is 6.36. The predicted molar refractivity (Wildman–Crippen MR) is 130 cm³/mol. The summed E-state index contributed by atoms with van der Waals surface area (Å²) in [5, 5.41) is 4.04. The molecule has 0 radical (unpaired) electrons. The van der Waals surface area contributed by atoms with Crippen LogP contribution in [0.25, 0.3) is 0 Å². The average molecular weight is 465 g/mol. The molecule has 0 bridgehead atoms. The van der Waals surface area contributed by atoms with E-state index in [9.17, 15) is 4.79 Å². The molecule has 6 rings (SSSR count). The third-order valence-corrected chi connectivity index (χ3v) is 8.63. The zero-order valence-corrected chi connectivity index (χ0v) is 19.8. The standard InChI is InChI=1S/C25H32N6OS/c32-24(28-20-12-25(13-20)17-29(18-25)16-19-4-2-1-3-5-19)31-10-8-30(9-11-31)23-26-14-22(15-27-23)33-21-6-7-21/h1-5,14-15,20-21H,6-13,16-18H2,(H,28,32). The maximum absolute atomic E-state index is 12.8. The van der Waals surface area contributed by atoms with Gasteiger partial charge in [-0.15, -0.1) is 11.8 Å². The maximum atomic E-state index is 12.8. The minimum Gasteiger partial charge on any atom is -0.337 e. The van der Waals surface area contributed by atoms with Crippen molar-refractivity contribution in [3.63, 3.8) is 0 Å². The van der Waals surface area contributed by atoms with E-state index in [4.69, 9.17) is 0 Å². The van der Waals surface area contributed by atoms with Gasteiger partial charge in [-0.25, -0.2) is 14.8 Å². The van der Waals surface area contributed by atoms with Crippen LogP contribution < -0.4 is 10.2 Å². The van der Waals surface area contributed by atoms with E-state index in [1.54, 1.807) is 0 Å². The molecule has 1 aromatic heterocycles. The van der Waals surface area contributed by atoms with Crippen molar-refractivity contribution in [2.45, 2.75) is 48.4 Å². The van der Waals surface area contributed by atoms with Gasteiger partial charge in [0.2, 0.25) is 5.95 Å². The maximum Gasteiger partial charge on any atom is 0.317 e. The van der Waals surface area contributed by atoms with Gasteiger partial charge in [-0.05, 0) is 36.7 Å². The van der Waals surface area contributed by atoms with E-state index in [0.717, 1.165) is 74.7 Å². The lowest BCUT2D eigenvalue weighted by molar-refractivity contribution is -0.0809. The molecular formula is C25H32N6OS. The quantitative estimate of drug-likeness (QED) is 0.708. The van der Waals surface area contributed by atoms with Gasteiger partial charge in [-0.1, -0.05) is 30.3 Å². The number of carbonyl (C=O) groups is 1. The van der Waals surface area contributed by atoms with Gasteiger partial charge >= 0.3 is 6.03 Å². The fourth-order valence-corrected chi connectivity index (χ4v) is 6.47. The first kappa shape index (κ1) is 21.2. The Labute approximate surface area is 199 Å². The Morgan fingerprint density at radius 1 is 1.03 bits per heavy atom. The zero-order chi connectivity index (χ0) is 22.3. The second kappa shape index (κ2) is 8.80. The number of carbonyl (C=O) groups excluding carboxylic acids is 1. The smallest absolute Gasteiger partial charge is 0.317 e. The highest BCUT2D eigenvalue weighted by atomic mass is 32.2. The van der Waals surface area contributed by atoms with Crippen LogP contribution in [0.3, 0.4) is 0 Å². The van der Waals surface area contributed by atoms with Gasteiger partial charge in [0, 0.05) is 74.4 Å². The van der Waals surface area contributed by atoms with E-state index in [0.29, 0.717) is 11.5 Å². The van der Waals surface area contributed by atoms with Crippen molar-refractivity contribution in [3.05, 3.63) is 48.3 Å². The Balaban J connectivity index is 0.909. The van der Waals surface area contributed by atoms with Crippen LogP contribution in [0.15, 0.2) is 47.6 Å². The Hall–Kier alpha value is -2.32. The number of anilines is 1. The number of aromatic nitrogens is 2. The molecule has 2 saturated heterocycles. The number of nitrogens with zero attached hydrogens (tertiary/aromatic N) is 5. The molecule has 1 N–H and O–H groups in total. The lowest BCUT2D eigenvalue weighted by Gasteiger charge is -2.59. The molecule has 2 amide bonds. The SMILES string of the molecule is O=C(NC1CC2(C1)CN(Cc1ccccc1)C2)N1CCN(c2ncc(SC3CC3)cn2)CC1. The van der Waals surface area contributed by atoms with Gasteiger partial charge in [0.25, 0.3) is 0 Å². The van der Waals surface area contributed by atoms with Gasteiger partial charge in [0.05, 0.1) is 0 Å². The van der Waals surface area contributed by atoms with Crippen molar-refractivity contribution in [1.82, 2.24) is 25.1 Å². The van der Waals surface area contributed by atoms with E-state index in [1.165, 1.54) is 18.4 Å². The number of rotatable bonds is 6. The van der Waals surface area contributed by atoms with Crippen LogP contribution in [-0.4, -0.2) is 76.4 Å². The topological polar surface area (TPSA) is 64.6 Å². The molecule has 0 atom stereocenters. The van der Waals surface area contributed by atoms with Gasteiger partial charge in [-0.3, -0.25) is 4.90 Å². The number of nitrogens with one attached hydrogen (secondary N) is 1. The number of benzene rings is 1. The number of likely N-dealkylation sites (tertiary alicyclic amines) is 1. The summed E-state index contributed by atoms with van der Waals surface area (Å²) in [5.41, 5.74) is 1.82. The molecule has 174 valence electrons. The molecule has 1 spiro atoms. The molecule has 4 aliphatic rings. The van der Waals surface area contributed by atoms with E-state index < -0.39 is 0 Å². The average Bonchev–Trinajstić information content (AvgIpc) is 3.61. The first-order valence-electron chi connectivity index (χ1n) is 12.2. The lowest BCUT2D eigenvalue weighted by atomic mass is 9.60. The Bertz CT molecular complexity index is 960. The van der Waals surface area contributed by atoms with E-state index in [-0.39, 0.29) is 6.03 Å². The van der Waals surface area contributed by atoms with Crippen LogP contribution in [0.1, 0.15) is 31.2 Å². The van der Waals surface area contributed by atoms with Crippen LogP contribution in [0, 0.1) is 5.41 Å². The number of piperazine rings is 1. The third kappa shape index (κ3) is 4.82. The molecule has 8 heteroatoms. The highest BCUT2D eigenvalue weighted by molar-refractivity contribution is 8.00. The highest BCUT2D eigenvalue weighted by Crippen LogP contribution is 2.48. The van der Waals surface area contributed by atoms with Crippen molar-refractivity contribution < 1.29 is 4.79 Å². The second-order valence-electron chi connectivity index (χ2n) is 10.2. The van der Waals surface area contributed by atoms with Crippen molar-refractivity contribution >= 4 is 23.7 Å². The summed E-state index contributed by atoms with van der Waals surface area (Å²) in [4.78, 5) is 29.7. The van der Waals surface area contributed by atoms with Crippen molar-refractivity contribution in [2.75, 3.05) is 44.2 Å². The van der Waals surface area contributed by atoms with Gasteiger partial charge in [0.15, 0.2) is 0 Å². The monoisotopic (exact) mass is 464 g/mol. The van der Waals surface area contributed by atoms with Gasteiger partial charge < -0.3 is 15.1 Å². The first-order chi connectivity index (χ1) is 16.1. The van der Waals surface area contributed by atoms with E-state index in [1.807, 2.05) is 29.1 Å². The fraction of sp³-hybridized carbons (Fsp3) is 0.560. The number of hydrogen-bond acceptors (Lipinski definition) is 6. The first-order valence-corrected chi connectivity index (χ1v) is 13.1. The zero-order valence-electron chi connectivity index (χ0n) is 19.0. The Kier molecular flexibility index (Phi) is 5.66. The largest absolute Gasteiger partial charge is 0.337 e. The molecule has 7 nitrogen and oxygen atoms in total. The molecular weight excluding hydrogens is 432 g/mol. The summed E-state index contributed by atoms with van der Waals surface area (Å²) in [5.74, 6) is 0.779. The minimum absolute atomic E-state index is 0.0899. The van der Waals surface area contributed by atoms with Crippen molar-refractivity contribution in [1.29, 1.82) is 0 Å². The van der Waals surface area contributed by atoms with Crippen LogP contribution in [0.5, 0.6) is 0 Å². The molecule has 33 heavy (non-hydrogen) atoms. The normalized spacial score (nSPS) is 22.7. The van der Waals surface area contributed by atoms with Gasteiger partial charge in [-0.2, -0.15) is 0 Å². The van der Waals surface area contributed by atoms with Crippen LogP contribution in [0.2, 0.25) is 0 Å². The molecule has 2 saturated carbocycles. The van der Waals surface area contributed by atoms with Crippen LogP contribution >= 0.6 is 11.8 Å². The Morgan fingerprint density at radius 2 is 1.73 bits per heavy atom. The summed E-state index contributed by atoms with van der Waals surface area (Å²) >= 11 is 1.88. The fourth-order valence-electron chi connectivity index (χ4n) is 5.49. The number of thioether (sulfide) groups is 1.